The van der Waals surface area contributed by atoms with Gasteiger partial charge < -0.3 is 18.5 Å². The summed E-state index contributed by atoms with van der Waals surface area (Å²) in [6.45, 7) is 6.09. The minimum absolute atomic E-state index is 0.191. The molecule has 1 aromatic carbocycles. The number of hydrogen-bond donors (Lipinski definition) is 0. The van der Waals surface area contributed by atoms with Crippen molar-refractivity contribution in [2.24, 2.45) is 0 Å². The molecule has 0 amide bonds. The molecule has 0 saturated heterocycles. The van der Waals surface area contributed by atoms with Crippen LogP contribution in [0.3, 0.4) is 0 Å². The van der Waals surface area contributed by atoms with Gasteiger partial charge in [0.15, 0.2) is 17.2 Å². The molecule has 1 aliphatic heterocycles. The molecule has 1 aliphatic rings. The van der Waals surface area contributed by atoms with E-state index in [9.17, 15) is 9.36 Å². The molecular weight excluding hydrogens is 387 g/mol. The molecular formula is C15H20BrO6P. The smallest absolute Gasteiger partial charge is 0.345 e. The van der Waals surface area contributed by atoms with E-state index in [1.165, 1.54) is 0 Å². The summed E-state index contributed by atoms with van der Waals surface area (Å²) in [5, 5.41) is 0. The Balaban J connectivity index is 2.40. The second-order valence-corrected chi connectivity index (χ2v) is 7.98. The normalized spacial score (nSPS) is 17.6. The molecule has 8 heteroatoms. The maximum atomic E-state index is 12.9. The van der Waals surface area contributed by atoms with Gasteiger partial charge in [0.2, 0.25) is 0 Å². The number of esters is 1. The fraction of sp³-hybridized carbons (Fsp3) is 0.533. The van der Waals surface area contributed by atoms with E-state index in [-0.39, 0.29) is 19.6 Å². The van der Waals surface area contributed by atoms with Gasteiger partial charge in [-0.15, -0.1) is 0 Å². The Morgan fingerprint density at radius 1 is 1.22 bits per heavy atom. The van der Waals surface area contributed by atoms with E-state index in [0.29, 0.717) is 18.1 Å². The van der Waals surface area contributed by atoms with Gasteiger partial charge in [0.05, 0.1) is 19.8 Å². The first-order chi connectivity index (χ1) is 10.9. The minimum Gasteiger partial charge on any atom is -0.490 e. The third-order valence-corrected chi connectivity index (χ3v) is 6.14. The number of rotatable bonds is 7. The Morgan fingerprint density at radius 2 is 1.87 bits per heavy atom. The third kappa shape index (κ3) is 3.97. The first-order valence-corrected chi connectivity index (χ1v) is 9.91. The fourth-order valence-electron chi connectivity index (χ4n) is 2.43. The zero-order valence-electron chi connectivity index (χ0n) is 13.3. The van der Waals surface area contributed by atoms with E-state index < -0.39 is 19.2 Å². The van der Waals surface area contributed by atoms with Crippen molar-refractivity contribution in [2.75, 3.05) is 19.8 Å². The lowest BCUT2D eigenvalue weighted by Crippen LogP contribution is -2.34. The van der Waals surface area contributed by atoms with Crippen molar-refractivity contribution in [1.82, 2.24) is 0 Å². The number of halogens is 1. The quantitative estimate of drug-likeness (QED) is 0.387. The van der Waals surface area contributed by atoms with Crippen LogP contribution in [0.5, 0.6) is 11.5 Å². The second kappa shape index (κ2) is 7.79. The molecule has 0 radical (unpaired) electrons. The summed E-state index contributed by atoms with van der Waals surface area (Å²) in [4.78, 5) is 12.4. The molecule has 0 saturated carbocycles. The van der Waals surface area contributed by atoms with Crippen molar-refractivity contribution < 1.29 is 27.9 Å². The lowest BCUT2D eigenvalue weighted by atomic mass is 10.1. The van der Waals surface area contributed by atoms with Crippen LogP contribution in [0.25, 0.3) is 0 Å². The highest BCUT2D eigenvalue weighted by molar-refractivity contribution is 9.10. The Morgan fingerprint density at radius 3 is 2.43 bits per heavy atom. The Bertz CT molecular complexity index is 623. The van der Waals surface area contributed by atoms with Crippen LogP contribution in [0.1, 0.15) is 26.3 Å². The summed E-state index contributed by atoms with van der Waals surface area (Å²) in [7, 11) is -3.58. The zero-order chi connectivity index (χ0) is 17.0. The molecule has 2 rings (SSSR count). The molecule has 1 aromatic rings. The lowest BCUT2D eigenvalue weighted by Gasteiger charge is -2.29. The molecule has 1 heterocycles. The lowest BCUT2D eigenvalue weighted by molar-refractivity contribution is -0.135. The summed E-state index contributed by atoms with van der Waals surface area (Å²) in [5.74, 6) is 0.230. The molecule has 0 N–H and O–H groups in total. The molecule has 6 nitrogen and oxygen atoms in total. The summed E-state index contributed by atoms with van der Waals surface area (Å²) in [6, 6.07) is 3.56. The predicted octanol–water partition coefficient (Wildman–Crippen LogP) is 3.94. The van der Waals surface area contributed by atoms with Crippen molar-refractivity contribution in [3.05, 3.63) is 22.2 Å². The second-order valence-electron chi connectivity index (χ2n) is 4.84. The largest absolute Gasteiger partial charge is 0.490 e. The highest BCUT2D eigenvalue weighted by Crippen LogP contribution is 2.56. The molecule has 0 aromatic heterocycles. The summed E-state index contributed by atoms with van der Waals surface area (Å²) < 4.78 is 35.2. The molecule has 23 heavy (non-hydrogen) atoms. The van der Waals surface area contributed by atoms with Crippen molar-refractivity contribution in [2.45, 2.75) is 32.9 Å². The SMILES string of the molecule is CCOc1cc(Br)cc2c1OC(=O)C(P(=O)(OCC)OCC)C2. The number of fused-ring (bicyclic) bond motifs is 1. The highest BCUT2D eigenvalue weighted by atomic mass is 79.9. The number of ether oxygens (including phenoxy) is 2. The van der Waals surface area contributed by atoms with E-state index in [4.69, 9.17) is 18.5 Å². The van der Waals surface area contributed by atoms with Crippen LogP contribution in [0.2, 0.25) is 0 Å². The molecule has 128 valence electrons. The molecule has 0 bridgehead atoms. The van der Waals surface area contributed by atoms with Gasteiger partial charge in [0, 0.05) is 16.5 Å². The molecule has 0 aliphatic carbocycles. The topological polar surface area (TPSA) is 71.1 Å². The van der Waals surface area contributed by atoms with Crippen LogP contribution in [-0.4, -0.2) is 31.4 Å². The van der Waals surface area contributed by atoms with Crippen molar-refractivity contribution in [1.29, 1.82) is 0 Å². The highest BCUT2D eigenvalue weighted by Gasteiger charge is 2.46. The van der Waals surface area contributed by atoms with Crippen LogP contribution in [0.4, 0.5) is 0 Å². The van der Waals surface area contributed by atoms with Crippen LogP contribution < -0.4 is 9.47 Å². The Hall–Kier alpha value is -0.880. The van der Waals surface area contributed by atoms with Gasteiger partial charge in [0.25, 0.3) is 0 Å². The maximum absolute atomic E-state index is 12.9. The van der Waals surface area contributed by atoms with E-state index >= 15 is 0 Å². The van der Waals surface area contributed by atoms with E-state index in [1.807, 2.05) is 13.0 Å². The predicted molar refractivity (Wildman–Crippen MR) is 89.3 cm³/mol. The average molecular weight is 407 g/mol. The monoisotopic (exact) mass is 406 g/mol. The van der Waals surface area contributed by atoms with Crippen molar-refractivity contribution in [3.8, 4) is 11.5 Å². The van der Waals surface area contributed by atoms with Crippen molar-refractivity contribution in [3.63, 3.8) is 0 Å². The average Bonchev–Trinajstić information content (AvgIpc) is 2.48. The standard InChI is InChI=1S/C15H20BrO6P/c1-4-19-12-9-11(16)7-10-8-13(15(17)22-14(10)12)23(18,20-5-2)21-6-3/h7,9,13H,4-6,8H2,1-3H3. The minimum atomic E-state index is -3.58. The van der Waals surface area contributed by atoms with E-state index in [0.717, 1.165) is 10.0 Å². The first-order valence-electron chi connectivity index (χ1n) is 7.50. The van der Waals surface area contributed by atoms with Crippen LogP contribution in [-0.2, 0) is 24.8 Å². The van der Waals surface area contributed by atoms with Crippen LogP contribution in [0, 0.1) is 0 Å². The summed E-state index contributed by atoms with van der Waals surface area (Å²) in [6.07, 6.45) is 0.213. The number of hydrogen-bond acceptors (Lipinski definition) is 6. The number of carbonyl (C=O) groups excluding carboxylic acids is 1. The Kier molecular flexibility index (Phi) is 6.26. The number of benzene rings is 1. The van der Waals surface area contributed by atoms with Gasteiger partial charge in [-0.2, -0.15) is 0 Å². The Labute approximate surface area is 144 Å². The first kappa shape index (κ1) is 18.5. The summed E-state index contributed by atoms with van der Waals surface area (Å²) >= 11 is 3.41. The zero-order valence-corrected chi connectivity index (χ0v) is 15.8. The maximum Gasteiger partial charge on any atom is 0.345 e. The van der Waals surface area contributed by atoms with Gasteiger partial charge in [-0.3, -0.25) is 9.36 Å². The van der Waals surface area contributed by atoms with Gasteiger partial charge in [0.1, 0.15) is 0 Å². The number of carbonyl (C=O) groups is 1. The fourth-order valence-corrected chi connectivity index (χ4v) is 4.80. The van der Waals surface area contributed by atoms with Gasteiger partial charge in [-0.25, -0.2) is 0 Å². The summed E-state index contributed by atoms with van der Waals surface area (Å²) in [5.41, 5.74) is -0.245. The van der Waals surface area contributed by atoms with Crippen molar-refractivity contribution >= 4 is 29.5 Å². The molecule has 0 spiro atoms. The molecule has 1 atom stereocenters. The van der Waals surface area contributed by atoms with E-state index in [1.54, 1.807) is 19.9 Å². The van der Waals surface area contributed by atoms with Gasteiger partial charge in [-0.1, -0.05) is 15.9 Å². The van der Waals surface area contributed by atoms with Crippen LogP contribution in [0.15, 0.2) is 16.6 Å². The molecule has 0 fully saturated rings. The van der Waals surface area contributed by atoms with E-state index in [2.05, 4.69) is 15.9 Å². The third-order valence-electron chi connectivity index (χ3n) is 3.28. The van der Waals surface area contributed by atoms with Crippen LogP contribution >= 0.6 is 23.5 Å². The van der Waals surface area contributed by atoms with Gasteiger partial charge >= 0.3 is 13.6 Å². The van der Waals surface area contributed by atoms with Gasteiger partial charge in [-0.05, 0) is 32.9 Å². The molecule has 1 unspecified atom stereocenters.